The molecule has 4 rings (SSSR count). The summed E-state index contributed by atoms with van der Waals surface area (Å²) in [6.07, 6.45) is 3.60. The Morgan fingerprint density at radius 2 is 1.81 bits per heavy atom. The highest BCUT2D eigenvalue weighted by atomic mass is 32.2. The first-order valence-electron chi connectivity index (χ1n) is 7.99. The third kappa shape index (κ3) is 2.81. The highest BCUT2D eigenvalue weighted by molar-refractivity contribution is 7.89. The largest absolute Gasteiger partial charge is 0.497 e. The van der Waals surface area contributed by atoms with E-state index in [1.807, 2.05) is 30.5 Å². The molecule has 0 aliphatic carbocycles. The van der Waals surface area contributed by atoms with Crippen LogP contribution in [0.2, 0.25) is 0 Å². The monoisotopic (exact) mass is 367 g/mol. The van der Waals surface area contributed by atoms with Gasteiger partial charge in [-0.15, -0.1) is 0 Å². The van der Waals surface area contributed by atoms with E-state index in [1.165, 1.54) is 12.1 Å². The fourth-order valence-corrected chi connectivity index (χ4v) is 3.70. The first kappa shape index (κ1) is 16.6. The van der Waals surface area contributed by atoms with E-state index >= 15 is 0 Å². The Labute approximate surface area is 150 Å². The summed E-state index contributed by atoms with van der Waals surface area (Å²) in [5.74, 6) is 0.797. The second-order valence-electron chi connectivity index (χ2n) is 6.05. The van der Waals surface area contributed by atoms with E-state index in [2.05, 4.69) is 9.55 Å². The molecule has 0 saturated carbocycles. The lowest BCUT2D eigenvalue weighted by Gasteiger charge is -2.08. The van der Waals surface area contributed by atoms with Gasteiger partial charge >= 0.3 is 0 Å². The molecule has 26 heavy (non-hydrogen) atoms. The number of hydrogen-bond acceptors (Lipinski definition) is 4. The lowest BCUT2D eigenvalue weighted by Crippen LogP contribution is -2.12. The van der Waals surface area contributed by atoms with Gasteiger partial charge in [-0.05, 0) is 42.0 Å². The van der Waals surface area contributed by atoms with E-state index in [-0.39, 0.29) is 4.90 Å². The van der Waals surface area contributed by atoms with E-state index in [0.29, 0.717) is 6.54 Å². The molecule has 0 bridgehead atoms. The zero-order chi connectivity index (χ0) is 18.3. The van der Waals surface area contributed by atoms with Crippen LogP contribution < -0.4 is 9.88 Å². The van der Waals surface area contributed by atoms with Gasteiger partial charge in [-0.25, -0.2) is 13.6 Å². The summed E-state index contributed by atoms with van der Waals surface area (Å²) >= 11 is 0. The van der Waals surface area contributed by atoms with Crippen LogP contribution in [0, 0.1) is 0 Å². The zero-order valence-electron chi connectivity index (χ0n) is 14.1. The number of nitrogens with zero attached hydrogens (tertiary/aromatic N) is 2. The van der Waals surface area contributed by atoms with Gasteiger partial charge in [0, 0.05) is 29.0 Å². The summed E-state index contributed by atoms with van der Waals surface area (Å²) in [5.41, 5.74) is 3.03. The third-order valence-electron chi connectivity index (χ3n) is 4.47. The molecule has 2 aromatic carbocycles. The van der Waals surface area contributed by atoms with Crippen LogP contribution in [0.25, 0.3) is 21.8 Å². The van der Waals surface area contributed by atoms with Gasteiger partial charge in [-0.1, -0.05) is 12.1 Å². The summed E-state index contributed by atoms with van der Waals surface area (Å²) in [5, 5.41) is 7.34. The molecule has 0 unspecified atom stereocenters. The molecule has 4 aromatic rings. The van der Waals surface area contributed by atoms with Crippen LogP contribution in [0.5, 0.6) is 5.75 Å². The van der Waals surface area contributed by atoms with Gasteiger partial charge in [0.1, 0.15) is 5.75 Å². The van der Waals surface area contributed by atoms with E-state index in [1.54, 1.807) is 25.4 Å². The number of nitrogens with two attached hydrogens (primary N) is 1. The highest BCUT2D eigenvalue weighted by Crippen LogP contribution is 2.31. The highest BCUT2D eigenvalue weighted by Gasteiger charge is 2.13. The van der Waals surface area contributed by atoms with Crippen molar-refractivity contribution in [2.45, 2.75) is 11.4 Å². The molecule has 7 heteroatoms. The first-order chi connectivity index (χ1) is 12.5. The van der Waals surface area contributed by atoms with Gasteiger partial charge in [0.2, 0.25) is 10.0 Å². The van der Waals surface area contributed by atoms with Crippen molar-refractivity contribution < 1.29 is 13.2 Å². The molecule has 2 N–H and O–H groups in total. The standard InChI is InChI=1S/C19H17N3O3S/c1-25-14-4-7-18-17(10-14)16-8-9-21-11-19(16)22(18)12-13-2-5-15(6-3-13)26(20,23)24/h2-11H,12H2,1H3,(H2,20,23,24). The van der Waals surface area contributed by atoms with E-state index in [0.717, 1.165) is 33.1 Å². The Balaban J connectivity index is 1.85. The van der Waals surface area contributed by atoms with Crippen molar-refractivity contribution in [1.29, 1.82) is 0 Å². The maximum Gasteiger partial charge on any atom is 0.238 e. The number of aromatic nitrogens is 2. The number of hydrogen-bond donors (Lipinski definition) is 1. The van der Waals surface area contributed by atoms with Gasteiger partial charge in [0.25, 0.3) is 0 Å². The van der Waals surface area contributed by atoms with Crippen LogP contribution in [0.3, 0.4) is 0 Å². The van der Waals surface area contributed by atoms with Crippen LogP contribution in [-0.4, -0.2) is 25.1 Å². The topological polar surface area (TPSA) is 87.2 Å². The number of methoxy groups -OCH3 is 1. The van der Waals surface area contributed by atoms with Crippen molar-refractivity contribution in [3.05, 3.63) is 66.5 Å². The number of benzene rings is 2. The molecule has 0 spiro atoms. The summed E-state index contributed by atoms with van der Waals surface area (Å²) in [4.78, 5) is 4.36. The molecule has 0 radical (unpaired) electrons. The summed E-state index contributed by atoms with van der Waals surface area (Å²) in [6.45, 7) is 0.586. The molecule has 0 aliphatic heterocycles. The third-order valence-corrected chi connectivity index (χ3v) is 5.40. The van der Waals surface area contributed by atoms with Crippen molar-refractivity contribution in [3.8, 4) is 5.75 Å². The molecule has 2 heterocycles. The van der Waals surface area contributed by atoms with Crippen molar-refractivity contribution in [2.24, 2.45) is 5.14 Å². The van der Waals surface area contributed by atoms with Crippen LogP contribution in [0.4, 0.5) is 0 Å². The van der Waals surface area contributed by atoms with Gasteiger partial charge in [-0.2, -0.15) is 0 Å². The molecule has 0 fully saturated rings. The number of sulfonamides is 1. The SMILES string of the molecule is COc1ccc2c(c1)c1ccncc1n2Cc1ccc(S(N)(=O)=O)cc1. The average Bonchev–Trinajstić information content (AvgIpc) is 2.95. The quantitative estimate of drug-likeness (QED) is 0.601. The normalized spacial score (nSPS) is 11.9. The van der Waals surface area contributed by atoms with Gasteiger partial charge in [0.15, 0.2) is 0 Å². The number of fused-ring (bicyclic) bond motifs is 3. The van der Waals surface area contributed by atoms with Crippen LogP contribution in [0.15, 0.2) is 65.8 Å². The molecule has 0 amide bonds. The lowest BCUT2D eigenvalue weighted by atomic mass is 10.2. The summed E-state index contributed by atoms with van der Waals surface area (Å²) < 4.78 is 30.4. The molecule has 2 aromatic heterocycles. The minimum absolute atomic E-state index is 0.106. The van der Waals surface area contributed by atoms with Crippen LogP contribution in [-0.2, 0) is 16.6 Å². The number of primary sulfonamides is 1. The van der Waals surface area contributed by atoms with Gasteiger partial charge in [-0.3, -0.25) is 4.98 Å². The van der Waals surface area contributed by atoms with Crippen molar-refractivity contribution in [1.82, 2.24) is 9.55 Å². The predicted octanol–water partition coefficient (Wildman–Crippen LogP) is 2.89. The van der Waals surface area contributed by atoms with E-state index < -0.39 is 10.0 Å². The summed E-state index contributed by atoms with van der Waals surface area (Å²) in [6, 6.07) is 14.5. The molecular weight excluding hydrogens is 350 g/mol. The number of rotatable bonds is 4. The molecule has 132 valence electrons. The molecule has 6 nitrogen and oxygen atoms in total. The van der Waals surface area contributed by atoms with Crippen LogP contribution in [0.1, 0.15) is 5.56 Å². The minimum Gasteiger partial charge on any atom is -0.497 e. The average molecular weight is 367 g/mol. The Bertz CT molecular complexity index is 1210. The molecule has 0 aliphatic rings. The Morgan fingerprint density at radius 3 is 2.50 bits per heavy atom. The Hall–Kier alpha value is -2.90. The smallest absolute Gasteiger partial charge is 0.238 e. The fraction of sp³-hybridized carbons (Fsp3) is 0.105. The maximum atomic E-state index is 11.4. The fourth-order valence-electron chi connectivity index (χ4n) is 3.19. The van der Waals surface area contributed by atoms with Crippen LogP contribution >= 0.6 is 0 Å². The van der Waals surface area contributed by atoms with Gasteiger partial charge in [0.05, 0.1) is 23.7 Å². The Kier molecular flexibility index (Phi) is 3.90. The molecule has 0 atom stereocenters. The maximum absolute atomic E-state index is 11.4. The van der Waals surface area contributed by atoms with Crippen molar-refractivity contribution in [2.75, 3.05) is 7.11 Å². The number of ether oxygens (including phenoxy) is 1. The second kappa shape index (κ2) is 6.12. The van der Waals surface area contributed by atoms with Crippen molar-refractivity contribution in [3.63, 3.8) is 0 Å². The predicted molar refractivity (Wildman–Crippen MR) is 101 cm³/mol. The van der Waals surface area contributed by atoms with E-state index in [4.69, 9.17) is 9.88 Å². The zero-order valence-corrected chi connectivity index (χ0v) is 14.9. The minimum atomic E-state index is -3.69. The first-order valence-corrected chi connectivity index (χ1v) is 9.54. The lowest BCUT2D eigenvalue weighted by molar-refractivity contribution is 0.415. The molecule has 0 saturated heterocycles. The molecular formula is C19H17N3O3S. The Morgan fingerprint density at radius 1 is 1.04 bits per heavy atom. The second-order valence-corrected chi connectivity index (χ2v) is 7.61. The van der Waals surface area contributed by atoms with E-state index in [9.17, 15) is 8.42 Å². The van der Waals surface area contributed by atoms with Gasteiger partial charge < -0.3 is 9.30 Å². The van der Waals surface area contributed by atoms with Crippen molar-refractivity contribution >= 4 is 31.8 Å². The number of pyridine rings is 1. The summed E-state index contributed by atoms with van der Waals surface area (Å²) in [7, 11) is -2.04.